The zero-order chi connectivity index (χ0) is 10.4. The number of rotatable bonds is 5. The first-order valence-corrected chi connectivity index (χ1v) is 5.66. The van der Waals surface area contributed by atoms with Gasteiger partial charge in [0.25, 0.3) is 0 Å². The van der Waals surface area contributed by atoms with E-state index in [1.54, 1.807) is 0 Å². The second kappa shape index (κ2) is 5.52. The third kappa shape index (κ3) is 3.81. The van der Waals surface area contributed by atoms with Crippen LogP contribution in [0.15, 0.2) is 12.7 Å². The maximum atomic E-state index is 3.73. The molecule has 2 nitrogen and oxygen atoms in total. The summed E-state index contributed by atoms with van der Waals surface area (Å²) >= 11 is 0. The second-order valence-corrected chi connectivity index (χ2v) is 4.87. The van der Waals surface area contributed by atoms with E-state index in [9.17, 15) is 0 Å². The van der Waals surface area contributed by atoms with Gasteiger partial charge in [-0.2, -0.15) is 0 Å². The van der Waals surface area contributed by atoms with Crippen LogP contribution >= 0.6 is 0 Å². The molecule has 1 aliphatic rings. The maximum Gasteiger partial charge on any atom is 0.000624 e. The number of hydrogen-bond donors (Lipinski definition) is 1. The highest BCUT2D eigenvalue weighted by Crippen LogP contribution is 2.29. The average molecular weight is 196 g/mol. The van der Waals surface area contributed by atoms with Gasteiger partial charge in [0.15, 0.2) is 0 Å². The van der Waals surface area contributed by atoms with Gasteiger partial charge in [-0.15, -0.1) is 6.58 Å². The largest absolute Gasteiger partial charge is 0.316 e. The molecule has 0 bridgehead atoms. The topological polar surface area (TPSA) is 15.3 Å². The third-order valence-corrected chi connectivity index (χ3v) is 3.27. The smallest absolute Gasteiger partial charge is 0.000624 e. The maximum absolute atomic E-state index is 3.73. The molecule has 14 heavy (non-hydrogen) atoms. The predicted molar refractivity (Wildman–Crippen MR) is 62.5 cm³/mol. The first-order valence-electron chi connectivity index (χ1n) is 5.66. The normalized spacial score (nSPS) is 22.1. The Labute approximate surface area is 88.4 Å². The van der Waals surface area contributed by atoms with Gasteiger partial charge in [0, 0.05) is 6.54 Å². The van der Waals surface area contributed by atoms with E-state index >= 15 is 0 Å². The SMILES string of the molecule is C=CCCNCC1(C)CCN(C)CC1. The van der Waals surface area contributed by atoms with Crippen LogP contribution in [-0.2, 0) is 0 Å². The van der Waals surface area contributed by atoms with E-state index in [0.717, 1.165) is 19.5 Å². The van der Waals surface area contributed by atoms with Gasteiger partial charge in [0.1, 0.15) is 0 Å². The van der Waals surface area contributed by atoms with Crippen LogP contribution in [0.1, 0.15) is 26.2 Å². The Morgan fingerprint density at radius 3 is 2.64 bits per heavy atom. The van der Waals surface area contributed by atoms with Crippen LogP contribution in [0.5, 0.6) is 0 Å². The predicted octanol–water partition coefficient (Wildman–Crippen LogP) is 1.88. The van der Waals surface area contributed by atoms with Crippen LogP contribution in [0.2, 0.25) is 0 Å². The average Bonchev–Trinajstić information content (AvgIpc) is 2.18. The van der Waals surface area contributed by atoms with Crippen LogP contribution in [0.4, 0.5) is 0 Å². The van der Waals surface area contributed by atoms with Gasteiger partial charge in [0.2, 0.25) is 0 Å². The number of likely N-dealkylation sites (tertiary alicyclic amines) is 1. The van der Waals surface area contributed by atoms with Gasteiger partial charge >= 0.3 is 0 Å². The van der Waals surface area contributed by atoms with Crippen LogP contribution < -0.4 is 5.32 Å². The molecule has 0 atom stereocenters. The monoisotopic (exact) mass is 196 g/mol. The van der Waals surface area contributed by atoms with E-state index in [4.69, 9.17) is 0 Å². The van der Waals surface area contributed by atoms with Crippen molar-refractivity contribution in [1.82, 2.24) is 10.2 Å². The lowest BCUT2D eigenvalue weighted by atomic mass is 9.80. The molecule has 1 fully saturated rings. The zero-order valence-electron chi connectivity index (χ0n) is 9.68. The molecule has 1 saturated heterocycles. The van der Waals surface area contributed by atoms with Crippen LogP contribution in [0.25, 0.3) is 0 Å². The Morgan fingerprint density at radius 1 is 1.43 bits per heavy atom. The first kappa shape index (κ1) is 11.7. The van der Waals surface area contributed by atoms with E-state index in [-0.39, 0.29) is 0 Å². The van der Waals surface area contributed by atoms with Crippen LogP contribution in [-0.4, -0.2) is 38.1 Å². The highest BCUT2D eigenvalue weighted by atomic mass is 15.1. The highest BCUT2D eigenvalue weighted by molar-refractivity contribution is 4.83. The molecule has 1 rings (SSSR count). The summed E-state index contributed by atoms with van der Waals surface area (Å²) < 4.78 is 0. The summed E-state index contributed by atoms with van der Waals surface area (Å²) in [5, 5.41) is 3.52. The Balaban J connectivity index is 2.18. The summed E-state index contributed by atoms with van der Waals surface area (Å²) in [6, 6.07) is 0. The highest BCUT2D eigenvalue weighted by Gasteiger charge is 2.27. The Kier molecular flexibility index (Phi) is 4.63. The molecule has 0 saturated carbocycles. The molecule has 0 spiro atoms. The molecule has 2 heteroatoms. The van der Waals surface area contributed by atoms with E-state index in [2.05, 4.69) is 30.8 Å². The van der Waals surface area contributed by atoms with Crippen molar-refractivity contribution in [2.45, 2.75) is 26.2 Å². The fourth-order valence-corrected chi connectivity index (χ4v) is 1.93. The van der Waals surface area contributed by atoms with E-state index < -0.39 is 0 Å². The molecule has 0 aromatic rings. The van der Waals surface area contributed by atoms with Crippen molar-refractivity contribution in [3.05, 3.63) is 12.7 Å². The number of hydrogen-bond acceptors (Lipinski definition) is 2. The molecular weight excluding hydrogens is 172 g/mol. The lowest BCUT2D eigenvalue weighted by Crippen LogP contribution is -2.42. The summed E-state index contributed by atoms with van der Waals surface area (Å²) in [7, 11) is 2.21. The molecule has 1 N–H and O–H groups in total. The van der Waals surface area contributed by atoms with Crippen molar-refractivity contribution in [2.24, 2.45) is 5.41 Å². The van der Waals surface area contributed by atoms with Crippen molar-refractivity contribution < 1.29 is 0 Å². The van der Waals surface area contributed by atoms with Gasteiger partial charge in [-0.25, -0.2) is 0 Å². The van der Waals surface area contributed by atoms with Crippen molar-refractivity contribution >= 4 is 0 Å². The van der Waals surface area contributed by atoms with Crippen molar-refractivity contribution in [3.63, 3.8) is 0 Å². The fraction of sp³-hybridized carbons (Fsp3) is 0.833. The Bertz CT molecular complexity index is 169. The molecule has 0 aromatic heterocycles. The summed E-state index contributed by atoms with van der Waals surface area (Å²) in [6.07, 6.45) is 5.70. The van der Waals surface area contributed by atoms with Gasteiger partial charge < -0.3 is 10.2 Å². The van der Waals surface area contributed by atoms with Crippen molar-refractivity contribution in [2.75, 3.05) is 33.2 Å². The van der Waals surface area contributed by atoms with Crippen molar-refractivity contribution in [1.29, 1.82) is 0 Å². The minimum atomic E-state index is 0.522. The summed E-state index contributed by atoms with van der Waals surface area (Å²) in [4.78, 5) is 2.42. The summed E-state index contributed by atoms with van der Waals surface area (Å²) in [6.45, 7) is 10.9. The van der Waals surface area contributed by atoms with Crippen LogP contribution in [0.3, 0.4) is 0 Å². The second-order valence-electron chi connectivity index (χ2n) is 4.87. The molecule has 0 unspecified atom stereocenters. The standard InChI is InChI=1S/C12H24N2/c1-4-5-8-13-11-12(2)6-9-14(3)10-7-12/h4,13H,1,5-11H2,2-3H3. The molecule has 0 aromatic carbocycles. The van der Waals surface area contributed by atoms with Gasteiger partial charge in [-0.1, -0.05) is 13.0 Å². The quantitative estimate of drug-likeness (QED) is 0.533. The number of piperidine rings is 1. The zero-order valence-corrected chi connectivity index (χ0v) is 9.68. The van der Waals surface area contributed by atoms with E-state index in [1.807, 2.05) is 6.08 Å². The van der Waals surface area contributed by atoms with E-state index in [0.29, 0.717) is 5.41 Å². The van der Waals surface area contributed by atoms with E-state index in [1.165, 1.54) is 25.9 Å². The van der Waals surface area contributed by atoms with Crippen LogP contribution in [0, 0.1) is 5.41 Å². The molecule has 1 heterocycles. The van der Waals surface area contributed by atoms with Gasteiger partial charge in [0.05, 0.1) is 0 Å². The Hall–Kier alpha value is -0.340. The molecular formula is C12H24N2. The summed E-state index contributed by atoms with van der Waals surface area (Å²) in [5.41, 5.74) is 0.522. The lowest BCUT2D eigenvalue weighted by Gasteiger charge is -2.38. The number of nitrogens with one attached hydrogen (secondary N) is 1. The molecule has 0 amide bonds. The third-order valence-electron chi connectivity index (χ3n) is 3.27. The molecule has 82 valence electrons. The molecule has 0 radical (unpaired) electrons. The summed E-state index contributed by atoms with van der Waals surface area (Å²) in [5.74, 6) is 0. The fourth-order valence-electron chi connectivity index (χ4n) is 1.93. The minimum Gasteiger partial charge on any atom is -0.316 e. The minimum absolute atomic E-state index is 0.522. The lowest BCUT2D eigenvalue weighted by molar-refractivity contribution is 0.137. The molecule has 1 aliphatic heterocycles. The number of nitrogens with zero attached hydrogens (tertiary/aromatic N) is 1. The van der Waals surface area contributed by atoms with Gasteiger partial charge in [-0.05, 0) is 51.4 Å². The first-order chi connectivity index (χ1) is 6.66. The van der Waals surface area contributed by atoms with Crippen molar-refractivity contribution in [3.8, 4) is 0 Å². The Morgan fingerprint density at radius 2 is 2.07 bits per heavy atom. The molecule has 0 aliphatic carbocycles. The van der Waals surface area contributed by atoms with Gasteiger partial charge in [-0.3, -0.25) is 0 Å².